The van der Waals surface area contributed by atoms with E-state index in [1.165, 1.54) is 4.90 Å². The highest BCUT2D eigenvalue weighted by atomic mass is 16.4. The average molecular weight is 308 g/mol. The molecule has 1 aromatic rings. The Bertz CT molecular complexity index is 576. The van der Waals surface area contributed by atoms with Gasteiger partial charge in [0.15, 0.2) is 0 Å². The second-order valence-electron chi connectivity index (χ2n) is 6.82. The third-order valence-electron chi connectivity index (χ3n) is 4.52. The highest BCUT2D eigenvalue weighted by Gasteiger charge is 2.55. The molecule has 2 amide bonds. The molecule has 0 spiro atoms. The minimum absolute atomic E-state index is 0.309. The first-order valence-corrected chi connectivity index (χ1v) is 7.49. The second-order valence-corrected chi connectivity index (χ2v) is 6.82. The Morgan fingerprint density at radius 2 is 2.05 bits per heavy atom. The lowest BCUT2D eigenvalue weighted by Gasteiger charge is -2.51. The molecule has 1 aromatic heterocycles. The summed E-state index contributed by atoms with van der Waals surface area (Å²) in [5.41, 5.74) is -1.62. The number of hydrogen-bond donors (Lipinski definition) is 2. The molecule has 7 heteroatoms. The second kappa shape index (κ2) is 5.62. The molecule has 0 bridgehead atoms. The van der Waals surface area contributed by atoms with Gasteiger partial charge in [0.2, 0.25) is 5.95 Å². The monoisotopic (exact) mass is 308 g/mol. The lowest BCUT2D eigenvalue weighted by Crippen LogP contribution is -2.67. The summed E-state index contributed by atoms with van der Waals surface area (Å²) in [6, 6.07) is 0. The third-order valence-corrected chi connectivity index (χ3v) is 4.52. The molecule has 1 saturated heterocycles. The van der Waals surface area contributed by atoms with Gasteiger partial charge in [-0.1, -0.05) is 20.8 Å². The van der Waals surface area contributed by atoms with E-state index < -0.39 is 17.0 Å². The number of amides is 2. The minimum Gasteiger partial charge on any atom is -0.465 e. The van der Waals surface area contributed by atoms with Gasteiger partial charge in [-0.05, 0) is 24.7 Å². The number of anilines is 1. The third kappa shape index (κ3) is 2.55. The van der Waals surface area contributed by atoms with E-state index in [0.717, 1.165) is 12.8 Å². The number of aryl methyl sites for hydroxylation is 1. The van der Waals surface area contributed by atoms with Gasteiger partial charge >= 0.3 is 6.09 Å². The zero-order valence-corrected chi connectivity index (χ0v) is 13.6. The normalized spacial score (nSPS) is 22.5. The number of aromatic nitrogens is 2. The molecular weight excluding hydrogens is 284 g/mol. The Labute approximate surface area is 130 Å². The van der Waals surface area contributed by atoms with Crippen LogP contribution in [0, 0.1) is 5.41 Å². The lowest BCUT2D eigenvalue weighted by molar-refractivity contribution is -0.137. The van der Waals surface area contributed by atoms with E-state index in [1.807, 2.05) is 20.8 Å². The smallest absolute Gasteiger partial charge is 0.408 e. The molecule has 0 saturated carbocycles. The summed E-state index contributed by atoms with van der Waals surface area (Å²) in [5.74, 6) is 0.112. The van der Waals surface area contributed by atoms with Crippen LogP contribution in [0.4, 0.5) is 10.7 Å². The number of imidazole rings is 1. The van der Waals surface area contributed by atoms with Crippen LogP contribution < -0.4 is 5.32 Å². The topological polar surface area (TPSA) is 87.5 Å². The molecule has 0 radical (unpaired) electrons. The molecule has 22 heavy (non-hydrogen) atoms. The first-order valence-electron chi connectivity index (χ1n) is 7.49. The van der Waals surface area contributed by atoms with Crippen molar-refractivity contribution < 1.29 is 14.7 Å². The SMILES string of the molecule is Cn1ccnc1NC(=O)[C@@]1(C(C)(C)C)CCCCN1C(=O)O. The summed E-state index contributed by atoms with van der Waals surface area (Å²) in [6.45, 7) is 6.10. The van der Waals surface area contributed by atoms with Crippen LogP contribution in [-0.4, -0.2) is 43.6 Å². The predicted octanol–water partition coefficient (Wildman–Crippen LogP) is 2.31. The summed E-state index contributed by atoms with van der Waals surface area (Å²) in [6.07, 6.45) is 4.39. The van der Waals surface area contributed by atoms with Crippen LogP contribution in [0.25, 0.3) is 0 Å². The zero-order chi connectivity index (χ0) is 16.5. The molecule has 2 N–H and O–H groups in total. The zero-order valence-electron chi connectivity index (χ0n) is 13.6. The number of carbonyl (C=O) groups is 2. The number of nitrogens with one attached hydrogen (secondary N) is 1. The van der Waals surface area contributed by atoms with Gasteiger partial charge < -0.3 is 9.67 Å². The van der Waals surface area contributed by atoms with Crippen molar-refractivity contribution in [3.05, 3.63) is 12.4 Å². The maximum absolute atomic E-state index is 13.0. The molecule has 1 aliphatic rings. The molecule has 7 nitrogen and oxygen atoms in total. The number of hydrogen-bond acceptors (Lipinski definition) is 3. The quantitative estimate of drug-likeness (QED) is 0.877. The number of piperidine rings is 1. The Morgan fingerprint density at radius 3 is 2.55 bits per heavy atom. The fraction of sp³-hybridized carbons (Fsp3) is 0.667. The molecule has 0 unspecified atom stereocenters. The summed E-state index contributed by atoms with van der Waals surface area (Å²) in [5, 5.41) is 12.4. The van der Waals surface area contributed by atoms with Gasteiger partial charge in [-0.2, -0.15) is 0 Å². The highest BCUT2D eigenvalue weighted by Crippen LogP contribution is 2.43. The van der Waals surface area contributed by atoms with Gasteiger partial charge in [-0.15, -0.1) is 0 Å². The van der Waals surface area contributed by atoms with Crippen molar-refractivity contribution >= 4 is 17.9 Å². The van der Waals surface area contributed by atoms with Crippen molar-refractivity contribution in [1.29, 1.82) is 0 Å². The molecule has 0 aromatic carbocycles. The van der Waals surface area contributed by atoms with Gasteiger partial charge in [0, 0.05) is 26.0 Å². The predicted molar refractivity (Wildman–Crippen MR) is 82.6 cm³/mol. The van der Waals surface area contributed by atoms with Crippen LogP contribution >= 0.6 is 0 Å². The molecule has 1 fully saturated rings. The number of rotatable bonds is 2. The fourth-order valence-corrected chi connectivity index (χ4v) is 3.28. The minimum atomic E-state index is -1.09. The van der Waals surface area contributed by atoms with E-state index in [-0.39, 0.29) is 5.91 Å². The number of likely N-dealkylation sites (tertiary alicyclic amines) is 1. The first kappa shape index (κ1) is 16.3. The standard InChI is InChI=1S/C15H24N4O3/c1-14(2,3)15(7-5-6-9-19(15)13(21)22)11(20)17-12-16-8-10-18(12)4/h8,10H,5-7,9H2,1-4H3,(H,21,22)(H,16,17,20)/t15-/m1/s1. The lowest BCUT2D eigenvalue weighted by atomic mass is 9.67. The fourth-order valence-electron chi connectivity index (χ4n) is 3.28. The van der Waals surface area contributed by atoms with Crippen molar-refractivity contribution in [1.82, 2.24) is 14.5 Å². The van der Waals surface area contributed by atoms with Crippen LogP contribution in [0.3, 0.4) is 0 Å². The van der Waals surface area contributed by atoms with Crippen LogP contribution in [0.15, 0.2) is 12.4 Å². The van der Waals surface area contributed by atoms with Gasteiger partial charge in [-0.3, -0.25) is 15.0 Å². The van der Waals surface area contributed by atoms with Crippen molar-refractivity contribution in [2.45, 2.75) is 45.6 Å². The van der Waals surface area contributed by atoms with Crippen molar-refractivity contribution in [3.8, 4) is 0 Å². The Morgan fingerprint density at radius 1 is 1.36 bits per heavy atom. The molecule has 122 valence electrons. The average Bonchev–Trinajstić information content (AvgIpc) is 2.82. The van der Waals surface area contributed by atoms with Crippen LogP contribution in [0.2, 0.25) is 0 Å². The first-order chi connectivity index (χ1) is 10.2. The van der Waals surface area contributed by atoms with Crippen molar-refractivity contribution in [2.24, 2.45) is 12.5 Å². The van der Waals surface area contributed by atoms with Gasteiger partial charge in [0.05, 0.1) is 0 Å². The summed E-state index contributed by atoms with van der Waals surface area (Å²) in [7, 11) is 1.78. The van der Waals surface area contributed by atoms with Crippen LogP contribution in [0.1, 0.15) is 40.0 Å². The van der Waals surface area contributed by atoms with E-state index >= 15 is 0 Å². The maximum Gasteiger partial charge on any atom is 0.408 e. The van der Waals surface area contributed by atoms with E-state index in [4.69, 9.17) is 0 Å². The molecule has 1 aliphatic heterocycles. The summed E-state index contributed by atoms with van der Waals surface area (Å²) < 4.78 is 1.70. The molecule has 2 heterocycles. The van der Waals surface area contributed by atoms with Crippen LogP contribution in [0.5, 0.6) is 0 Å². The Kier molecular flexibility index (Phi) is 4.17. The van der Waals surface area contributed by atoms with Gasteiger partial charge in [-0.25, -0.2) is 9.78 Å². The van der Waals surface area contributed by atoms with Crippen molar-refractivity contribution in [2.75, 3.05) is 11.9 Å². The highest BCUT2D eigenvalue weighted by molar-refractivity contribution is 5.99. The maximum atomic E-state index is 13.0. The van der Waals surface area contributed by atoms with Gasteiger partial charge in [0.1, 0.15) is 5.54 Å². The van der Waals surface area contributed by atoms with Crippen molar-refractivity contribution in [3.63, 3.8) is 0 Å². The summed E-state index contributed by atoms with van der Waals surface area (Å²) >= 11 is 0. The van der Waals surface area contributed by atoms with Crippen LogP contribution in [-0.2, 0) is 11.8 Å². The molecule has 0 aliphatic carbocycles. The number of carbonyl (C=O) groups excluding carboxylic acids is 1. The summed E-state index contributed by atoms with van der Waals surface area (Å²) in [4.78, 5) is 30.1. The number of nitrogens with zero attached hydrogens (tertiary/aromatic N) is 3. The Hall–Kier alpha value is -2.05. The molecule has 2 rings (SSSR count). The molecule has 1 atom stereocenters. The van der Waals surface area contributed by atoms with E-state index in [9.17, 15) is 14.7 Å². The van der Waals surface area contributed by atoms with E-state index in [2.05, 4.69) is 10.3 Å². The Balaban J connectivity index is 2.42. The molecular formula is C15H24N4O3. The number of carboxylic acid groups (broad SMARTS) is 1. The van der Waals surface area contributed by atoms with E-state index in [0.29, 0.717) is 18.9 Å². The van der Waals surface area contributed by atoms with E-state index in [1.54, 1.807) is 24.0 Å². The van der Waals surface area contributed by atoms with Gasteiger partial charge in [0.25, 0.3) is 5.91 Å². The largest absolute Gasteiger partial charge is 0.465 e.